The second kappa shape index (κ2) is 6.27. The van der Waals surface area contributed by atoms with Crippen LogP contribution in [0.15, 0.2) is 18.2 Å². The van der Waals surface area contributed by atoms with Gasteiger partial charge in [0.25, 0.3) is 0 Å². The Hall–Kier alpha value is -0.730. The van der Waals surface area contributed by atoms with E-state index in [2.05, 4.69) is 32.6 Å². The number of benzene rings is 1. The van der Waals surface area contributed by atoms with Gasteiger partial charge < -0.3 is 5.11 Å². The lowest BCUT2D eigenvalue weighted by molar-refractivity contribution is 0.187. The molecule has 0 saturated heterocycles. The fourth-order valence-electron chi connectivity index (χ4n) is 1.83. The first-order chi connectivity index (χ1) is 7.91. The highest BCUT2D eigenvalue weighted by Gasteiger charge is 2.15. The minimum atomic E-state index is 0.284. The molecule has 0 bridgehead atoms. The fraction of sp³-hybridized carbons (Fsp3) is 0.571. The molecule has 1 aromatic carbocycles. The monoisotopic (exact) mass is 255 g/mol. The number of hydrogen-bond acceptors (Lipinski definition) is 2. The van der Waals surface area contributed by atoms with E-state index >= 15 is 0 Å². The van der Waals surface area contributed by atoms with Crippen LogP contribution in [-0.2, 0) is 6.54 Å². The molecule has 0 unspecified atom stereocenters. The van der Waals surface area contributed by atoms with E-state index < -0.39 is 0 Å². The molecule has 0 amide bonds. The summed E-state index contributed by atoms with van der Waals surface area (Å²) < 4.78 is 0. The molecule has 0 heterocycles. The van der Waals surface area contributed by atoms with Crippen LogP contribution in [0.4, 0.5) is 0 Å². The second-order valence-corrected chi connectivity index (χ2v) is 5.56. The zero-order chi connectivity index (χ0) is 13.0. The first kappa shape index (κ1) is 14.3. The third kappa shape index (κ3) is 4.21. The van der Waals surface area contributed by atoms with Crippen LogP contribution in [0.3, 0.4) is 0 Å². The maximum atomic E-state index is 9.85. The van der Waals surface area contributed by atoms with Crippen molar-refractivity contribution in [1.82, 2.24) is 4.90 Å². The molecule has 1 N–H and O–H groups in total. The van der Waals surface area contributed by atoms with Crippen LogP contribution in [0.25, 0.3) is 0 Å². The van der Waals surface area contributed by atoms with Gasteiger partial charge in [0.2, 0.25) is 0 Å². The van der Waals surface area contributed by atoms with Gasteiger partial charge >= 0.3 is 0 Å². The van der Waals surface area contributed by atoms with Crippen molar-refractivity contribution in [3.63, 3.8) is 0 Å². The Kier molecular flexibility index (Phi) is 5.29. The number of phenolic OH excluding ortho intramolecular Hbond substituents is 1. The van der Waals surface area contributed by atoms with E-state index in [-0.39, 0.29) is 5.75 Å². The molecule has 1 rings (SSSR count). The molecule has 0 radical (unpaired) electrons. The summed E-state index contributed by atoms with van der Waals surface area (Å²) in [6.45, 7) is 10.4. The van der Waals surface area contributed by atoms with Gasteiger partial charge in [0.05, 0.1) is 0 Å². The Bertz CT molecular complexity index is 343. The third-order valence-corrected chi connectivity index (χ3v) is 3.14. The summed E-state index contributed by atoms with van der Waals surface area (Å²) in [5, 5.41) is 10.5. The molecular formula is C14H22ClNO. The summed E-state index contributed by atoms with van der Waals surface area (Å²) in [6, 6.07) is 5.72. The van der Waals surface area contributed by atoms with Crippen LogP contribution in [0.1, 0.15) is 33.3 Å². The van der Waals surface area contributed by atoms with Crippen LogP contribution in [0.2, 0.25) is 5.02 Å². The molecule has 1 aromatic rings. The molecule has 3 heteroatoms. The zero-order valence-electron chi connectivity index (χ0n) is 11.1. The third-order valence-electron chi connectivity index (χ3n) is 2.79. The number of phenols is 1. The molecule has 0 fully saturated rings. The number of nitrogens with zero attached hydrogens (tertiary/aromatic N) is 1. The van der Waals surface area contributed by atoms with Gasteiger partial charge in [0, 0.05) is 29.7 Å². The lowest BCUT2D eigenvalue weighted by Crippen LogP contribution is -2.33. The molecular weight excluding hydrogens is 234 g/mol. The van der Waals surface area contributed by atoms with Crippen molar-refractivity contribution in [3.05, 3.63) is 28.8 Å². The number of rotatable bonds is 5. The van der Waals surface area contributed by atoms with Crippen molar-refractivity contribution in [2.45, 2.75) is 40.3 Å². The van der Waals surface area contributed by atoms with Crippen molar-refractivity contribution in [3.8, 4) is 5.75 Å². The number of hydrogen-bond donors (Lipinski definition) is 1. The van der Waals surface area contributed by atoms with Gasteiger partial charge in [-0.05, 0) is 31.9 Å². The molecule has 0 aliphatic carbocycles. The number of aromatic hydroxyl groups is 1. The summed E-state index contributed by atoms with van der Waals surface area (Å²) in [4.78, 5) is 2.33. The molecule has 0 aliphatic heterocycles. The van der Waals surface area contributed by atoms with Crippen LogP contribution in [-0.4, -0.2) is 22.6 Å². The van der Waals surface area contributed by atoms with E-state index in [4.69, 9.17) is 11.6 Å². The summed E-state index contributed by atoms with van der Waals surface area (Å²) in [6.07, 6.45) is 0. The molecule has 96 valence electrons. The smallest absolute Gasteiger partial charge is 0.121 e. The van der Waals surface area contributed by atoms with Gasteiger partial charge in [-0.2, -0.15) is 0 Å². The normalized spacial score (nSPS) is 11.8. The first-order valence-electron chi connectivity index (χ1n) is 6.12. The lowest BCUT2D eigenvalue weighted by atomic mass is 10.1. The topological polar surface area (TPSA) is 23.5 Å². The van der Waals surface area contributed by atoms with Crippen LogP contribution in [0.5, 0.6) is 5.75 Å². The maximum Gasteiger partial charge on any atom is 0.121 e. The van der Waals surface area contributed by atoms with Crippen molar-refractivity contribution < 1.29 is 5.11 Å². The van der Waals surface area contributed by atoms with Gasteiger partial charge in [-0.25, -0.2) is 0 Å². The van der Waals surface area contributed by atoms with Crippen LogP contribution >= 0.6 is 11.6 Å². The molecule has 17 heavy (non-hydrogen) atoms. The molecule has 0 atom stereocenters. The first-order valence-corrected chi connectivity index (χ1v) is 6.50. The van der Waals surface area contributed by atoms with E-state index in [9.17, 15) is 5.11 Å². The Labute approximate surface area is 109 Å². The van der Waals surface area contributed by atoms with Gasteiger partial charge in [-0.3, -0.25) is 4.90 Å². The zero-order valence-corrected chi connectivity index (χ0v) is 11.8. The Balaban J connectivity index is 2.86. The Morgan fingerprint density at radius 2 is 1.88 bits per heavy atom. The largest absolute Gasteiger partial charge is 0.508 e. The summed E-state index contributed by atoms with van der Waals surface area (Å²) in [7, 11) is 0. The van der Waals surface area contributed by atoms with E-state index in [1.165, 1.54) is 0 Å². The molecule has 0 spiro atoms. The Morgan fingerprint density at radius 3 is 2.35 bits per heavy atom. The van der Waals surface area contributed by atoms with E-state index in [0.29, 0.717) is 23.5 Å². The predicted molar refractivity (Wildman–Crippen MR) is 73.5 cm³/mol. The van der Waals surface area contributed by atoms with E-state index in [1.54, 1.807) is 12.1 Å². The van der Waals surface area contributed by atoms with E-state index in [0.717, 1.165) is 12.1 Å². The van der Waals surface area contributed by atoms with Gasteiger partial charge in [0.1, 0.15) is 5.75 Å². The highest BCUT2D eigenvalue weighted by molar-refractivity contribution is 6.31. The quantitative estimate of drug-likeness (QED) is 0.862. The maximum absolute atomic E-state index is 9.85. The van der Waals surface area contributed by atoms with E-state index in [1.807, 2.05) is 6.07 Å². The minimum Gasteiger partial charge on any atom is -0.508 e. The predicted octanol–water partition coefficient (Wildman–Crippen LogP) is 3.91. The standard InChI is InChI=1S/C14H22ClNO/c1-10(2)8-16(11(3)4)9-12-13(15)6-5-7-14(12)17/h5-7,10-11,17H,8-9H2,1-4H3. The molecule has 0 aromatic heterocycles. The average Bonchev–Trinajstić information content (AvgIpc) is 2.21. The summed E-state index contributed by atoms with van der Waals surface area (Å²) in [5.41, 5.74) is 0.823. The summed E-state index contributed by atoms with van der Waals surface area (Å²) in [5.74, 6) is 0.883. The highest BCUT2D eigenvalue weighted by Crippen LogP contribution is 2.27. The minimum absolute atomic E-state index is 0.284. The van der Waals surface area contributed by atoms with Crippen molar-refractivity contribution >= 4 is 11.6 Å². The fourth-order valence-corrected chi connectivity index (χ4v) is 2.06. The SMILES string of the molecule is CC(C)CN(Cc1c(O)cccc1Cl)C(C)C. The molecule has 0 saturated carbocycles. The van der Waals surface area contributed by atoms with Crippen molar-refractivity contribution in [1.29, 1.82) is 0 Å². The number of halogens is 1. The molecule has 0 aliphatic rings. The van der Waals surface area contributed by atoms with Crippen molar-refractivity contribution in [2.24, 2.45) is 5.92 Å². The van der Waals surface area contributed by atoms with Crippen LogP contribution < -0.4 is 0 Å². The Morgan fingerprint density at radius 1 is 1.24 bits per heavy atom. The van der Waals surface area contributed by atoms with Crippen LogP contribution in [0, 0.1) is 5.92 Å². The van der Waals surface area contributed by atoms with Gasteiger partial charge in [-0.15, -0.1) is 0 Å². The van der Waals surface area contributed by atoms with Gasteiger partial charge in [-0.1, -0.05) is 31.5 Å². The highest BCUT2D eigenvalue weighted by atomic mass is 35.5. The molecule has 2 nitrogen and oxygen atoms in total. The summed E-state index contributed by atoms with van der Waals surface area (Å²) >= 11 is 6.13. The van der Waals surface area contributed by atoms with Crippen molar-refractivity contribution in [2.75, 3.05) is 6.54 Å². The second-order valence-electron chi connectivity index (χ2n) is 5.15. The lowest BCUT2D eigenvalue weighted by Gasteiger charge is -2.28. The van der Waals surface area contributed by atoms with Gasteiger partial charge in [0.15, 0.2) is 0 Å². The average molecular weight is 256 g/mol.